The van der Waals surface area contributed by atoms with Crippen LogP contribution in [-0.2, 0) is 0 Å². The van der Waals surface area contributed by atoms with Crippen LogP contribution in [0, 0.1) is 17.8 Å². The van der Waals surface area contributed by atoms with Gasteiger partial charge in [0.2, 0.25) is 0 Å². The van der Waals surface area contributed by atoms with Gasteiger partial charge in [0.05, 0.1) is 0 Å². The van der Waals surface area contributed by atoms with Crippen molar-refractivity contribution in [3.63, 3.8) is 0 Å². The molecule has 0 bridgehead atoms. The minimum Gasteiger partial charge on any atom is -0.0654 e. The number of unbranched alkanes of at least 4 members (excludes halogenated alkanes) is 5. The molecule has 2 atom stereocenters. The molecule has 108 valence electrons. The normalized spacial score (nSPS) is 20.2. The van der Waals surface area contributed by atoms with E-state index in [-0.39, 0.29) is 0 Å². The zero-order chi connectivity index (χ0) is 13.2. The monoisotopic (exact) mass is 252 g/mol. The van der Waals surface area contributed by atoms with Crippen molar-refractivity contribution in [1.82, 2.24) is 0 Å². The summed E-state index contributed by atoms with van der Waals surface area (Å²) in [7, 11) is 0. The maximum Gasteiger partial charge on any atom is -0.0360 e. The van der Waals surface area contributed by atoms with Gasteiger partial charge in [0.15, 0.2) is 0 Å². The van der Waals surface area contributed by atoms with E-state index in [0.29, 0.717) is 0 Å². The van der Waals surface area contributed by atoms with Gasteiger partial charge in [-0.1, -0.05) is 91.4 Å². The third kappa shape index (κ3) is 5.76. The standard InChI is InChI=1S/C18H36/c1-4-6-7-8-9-10-15-18(16(3)5-2)17-13-11-12-14-17/h16-18H,4-15H2,1-3H3. The molecule has 18 heavy (non-hydrogen) atoms. The fraction of sp³-hybridized carbons (Fsp3) is 1.00. The van der Waals surface area contributed by atoms with E-state index in [4.69, 9.17) is 0 Å². The molecule has 0 saturated heterocycles. The van der Waals surface area contributed by atoms with Crippen molar-refractivity contribution in [2.75, 3.05) is 0 Å². The van der Waals surface area contributed by atoms with Crippen LogP contribution in [0.25, 0.3) is 0 Å². The summed E-state index contributed by atoms with van der Waals surface area (Å²) in [6, 6.07) is 0. The first-order valence-corrected chi connectivity index (χ1v) is 8.79. The van der Waals surface area contributed by atoms with E-state index in [9.17, 15) is 0 Å². The average Bonchev–Trinajstić information content (AvgIpc) is 2.91. The first-order chi connectivity index (χ1) is 8.79. The van der Waals surface area contributed by atoms with Gasteiger partial charge in [0.1, 0.15) is 0 Å². The molecule has 1 aliphatic carbocycles. The summed E-state index contributed by atoms with van der Waals surface area (Å²) in [5.74, 6) is 3.09. The highest BCUT2D eigenvalue weighted by molar-refractivity contribution is 4.78. The van der Waals surface area contributed by atoms with E-state index in [1.807, 2.05) is 0 Å². The zero-order valence-electron chi connectivity index (χ0n) is 13.2. The van der Waals surface area contributed by atoms with Crippen LogP contribution in [0.4, 0.5) is 0 Å². The van der Waals surface area contributed by atoms with Crippen molar-refractivity contribution in [2.45, 2.75) is 97.8 Å². The minimum atomic E-state index is 0.962. The highest BCUT2D eigenvalue weighted by atomic mass is 14.3. The number of hydrogen-bond acceptors (Lipinski definition) is 0. The second kappa shape index (κ2) is 9.87. The molecular formula is C18H36. The molecule has 0 nitrogen and oxygen atoms in total. The minimum absolute atomic E-state index is 0.962. The van der Waals surface area contributed by atoms with Gasteiger partial charge in [-0.15, -0.1) is 0 Å². The van der Waals surface area contributed by atoms with E-state index in [0.717, 1.165) is 17.8 Å². The fourth-order valence-electron chi connectivity index (χ4n) is 3.83. The summed E-state index contributed by atoms with van der Waals surface area (Å²) < 4.78 is 0. The quantitative estimate of drug-likeness (QED) is 0.385. The lowest BCUT2D eigenvalue weighted by Crippen LogP contribution is -2.19. The van der Waals surface area contributed by atoms with E-state index < -0.39 is 0 Å². The van der Waals surface area contributed by atoms with Crippen LogP contribution in [0.1, 0.15) is 97.8 Å². The molecule has 0 amide bonds. The number of hydrogen-bond donors (Lipinski definition) is 0. The summed E-state index contributed by atoms with van der Waals surface area (Å²) in [5.41, 5.74) is 0. The molecule has 0 aromatic carbocycles. The van der Waals surface area contributed by atoms with Gasteiger partial charge >= 0.3 is 0 Å². The second-order valence-electron chi connectivity index (χ2n) is 6.65. The smallest absolute Gasteiger partial charge is 0.0360 e. The summed E-state index contributed by atoms with van der Waals surface area (Å²) >= 11 is 0. The molecular weight excluding hydrogens is 216 g/mol. The van der Waals surface area contributed by atoms with Crippen LogP contribution in [0.2, 0.25) is 0 Å². The fourth-order valence-corrected chi connectivity index (χ4v) is 3.83. The summed E-state index contributed by atoms with van der Waals surface area (Å²) in [4.78, 5) is 0. The van der Waals surface area contributed by atoms with Gasteiger partial charge in [0, 0.05) is 0 Å². The zero-order valence-corrected chi connectivity index (χ0v) is 13.2. The largest absolute Gasteiger partial charge is 0.0654 e. The molecule has 0 aliphatic heterocycles. The van der Waals surface area contributed by atoms with Crippen LogP contribution in [0.15, 0.2) is 0 Å². The van der Waals surface area contributed by atoms with E-state index in [1.165, 1.54) is 77.0 Å². The van der Waals surface area contributed by atoms with E-state index >= 15 is 0 Å². The van der Waals surface area contributed by atoms with Crippen molar-refractivity contribution < 1.29 is 0 Å². The first kappa shape index (κ1) is 16.1. The SMILES string of the molecule is CCCCCCCCC(C(C)CC)C1CCCC1. The Labute approximate surface area is 116 Å². The van der Waals surface area contributed by atoms with Crippen LogP contribution in [0.5, 0.6) is 0 Å². The molecule has 1 aliphatic rings. The van der Waals surface area contributed by atoms with Gasteiger partial charge < -0.3 is 0 Å². The Morgan fingerprint density at radius 3 is 2.11 bits per heavy atom. The van der Waals surface area contributed by atoms with Crippen LogP contribution in [0.3, 0.4) is 0 Å². The highest BCUT2D eigenvalue weighted by Gasteiger charge is 2.27. The molecule has 0 N–H and O–H groups in total. The Morgan fingerprint density at radius 2 is 1.50 bits per heavy atom. The topological polar surface area (TPSA) is 0 Å². The molecule has 0 aromatic heterocycles. The molecule has 2 unspecified atom stereocenters. The van der Waals surface area contributed by atoms with Crippen molar-refractivity contribution >= 4 is 0 Å². The van der Waals surface area contributed by atoms with Gasteiger partial charge in [-0.05, 0) is 24.2 Å². The highest BCUT2D eigenvalue weighted by Crippen LogP contribution is 2.39. The van der Waals surface area contributed by atoms with Gasteiger partial charge in [-0.2, -0.15) is 0 Å². The van der Waals surface area contributed by atoms with Crippen molar-refractivity contribution in [1.29, 1.82) is 0 Å². The lowest BCUT2D eigenvalue weighted by Gasteiger charge is -2.29. The maximum atomic E-state index is 2.50. The molecule has 0 spiro atoms. The molecule has 0 radical (unpaired) electrons. The van der Waals surface area contributed by atoms with Gasteiger partial charge in [-0.25, -0.2) is 0 Å². The summed E-state index contributed by atoms with van der Waals surface area (Å²) in [6.07, 6.45) is 17.7. The Kier molecular flexibility index (Phi) is 8.80. The lowest BCUT2D eigenvalue weighted by atomic mass is 9.77. The van der Waals surface area contributed by atoms with Crippen LogP contribution < -0.4 is 0 Å². The van der Waals surface area contributed by atoms with Gasteiger partial charge in [-0.3, -0.25) is 0 Å². The third-order valence-corrected chi connectivity index (χ3v) is 5.27. The second-order valence-corrected chi connectivity index (χ2v) is 6.65. The molecule has 0 aromatic rings. The van der Waals surface area contributed by atoms with Crippen molar-refractivity contribution in [3.8, 4) is 0 Å². The first-order valence-electron chi connectivity index (χ1n) is 8.79. The van der Waals surface area contributed by atoms with E-state index in [2.05, 4.69) is 20.8 Å². The maximum absolute atomic E-state index is 2.50. The Morgan fingerprint density at radius 1 is 0.889 bits per heavy atom. The van der Waals surface area contributed by atoms with Gasteiger partial charge in [0.25, 0.3) is 0 Å². The predicted molar refractivity (Wildman–Crippen MR) is 82.9 cm³/mol. The van der Waals surface area contributed by atoms with Crippen molar-refractivity contribution in [3.05, 3.63) is 0 Å². The molecule has 1 saturated carbocycles. The van der Waals surface area contributed by atoms with Crippen LogP contribution >= 0.6 is 0 Å². The third-order valence-electron chi connectivity index (χ3n) is 5.27. The molecule has 0 heterocycles. The van der Waals surface area contributed by atoms with E-state index in [1.54, 1.807) is 0 Å². The Balaban J connectivity index is 2.19. The number of rotatable bonds is 10. The Bertz CT molecular complexity index is 178. The molecule has 1 rings (SSSR count). The van der Waals surface area contributed by atoms with Crippen LogP contribution in [-0.4, -0.2) is 0 Å². The molecule has 0 heteroatoms. The summed E-state index contributed by atoms with van der Waals surface area (Å²) in [6.45, 7) is 7.19. The van der Waals surface area contributed by atoms with Crippen molar-refractivity contribution in [2.24, 2.45) is 17.8 Å². The molecule has 1 fully saturated rings. The average molecular weight is 252 g/mol. The summed E-state index contributed by atoms with van der Waals surface area (Å²) in [5, 5.41) is 0. The Hall–Kier alpha value is 0. The predicted octanol–water partition coefficient (Wildman–Crippen LogP) is 6.59. The lowest BCUT2D eigenvalue weighted by molar-refractivity contribution is 0.215.